The van der Waals surface area contributed by atoms with Gasteiger partial charge in [-0.1, -0.05) is 6.07 Å². The number of hydrogen-bond donors (Lipinski definition) is 2. The third-order valence-corrected chi connectivity index (χ3v) is 2.93. The number of benzene rings is 1. The smallest absolute Gasteiger partial charge is 0.209 e. The first-order chi connectivity index (χ1) is 8.24. The van der Waals surface area contributed by atoms with E-state index in [1.54, 1.807) is 17.0 Å². The van der Waals surface area contributed by atoms with E-state index in [-0.39, 0.29) is 11.6 Å². The van der Waals surface area contributed by atoms with Crippen LogP contribution in [0.1, 0.15) is 12.0 Å². The van der Waals surface area contributed by atoms with Gasteiger partial charge >= 0.3 is 0 Å². The molecule has 2 rings (SSSR count). The quantitative estimate of drug-likeness (QED) is 0.613. The average molecular weight is 235 g/mol. The van der Waals surface area contributed by atoms with Gasteiger partial charge in [-0.15, -0.1) is 0 Å². The van der Waals surface area contributed by atoms with Crippen molar-refractivity contribution < 1.29 is 9.18 Å². The fraction of sp³-hybridized carbons (Fsp3) is 0.333. The van der Waals surface area contributed by atoms with Crippen LogP contribution in [0.15, 0.2) is 18.2 Å². The molecule has 4 nitrogen and oxygen atoms in total. The van der Waals surface area contributed by atoms with Crippen molar-refractivity contribution in [2.24, 2.45) is 0 Å². The van der Waals surface area contributed by atoms with Crippen molar-refractivity contribution in [1.82, 2.24) is 4.90 Å². The van der Waals surface area contributed by atoms with Crippen LogP contribution in [0.4, 0.5) is 10.1 Å². The van der Waals surface area contributed by atoms with Gasteiger partial charge in [-0.05, 0) is 18.6 Å². The maximum atomic E-state index is 13.4. The SMILES string of the molecule is N=Cc1c(F)cccc1NC1CCN(C=O)C1. The molecule has 1 aliphatic heterocycles. The van der Waals surface area contributed by atoms with E-state index in [1.165, 1.54) is 6.07 Å². The van der Waals surface area contributed by atoms with Gasteiger partial charge in [0.1, 0.15) is 5.82 Å². The highest BCUT2D eigenvalue weighted by Crippen LogP contribution is 2.20. The van der Waals surface area contributed by atoms with Crippen LogP contribution in [0.2, 0.25) is 0 Å². The maximum absolute atomic E-state index is 13.4. The fourth-order valence-electron chi connectivity index (χ4n) is 2.03. The lowest BCUT2D eigenvalue weighted by molar-refractivity contribution is -0.117. The van der Waals surface area contributed by atoms with Crippen molar-refractivity contribution in [1.29, 1.82) is 5.41 Å². The van der Waals surface area contributed by atoms with Crippen LogP contribution < -0.4 is 5.32 Å². The van der Waals surface area contributed by atoms with Gasteiger partial charge in [0.15, 0.2) is 0 Å². The lowest BCUT2D eigenvalue weighted by atomic mass is 10.1. The largest absolute Gasteiger partial charge is 0.380 e. The second kappa shape index (κ2) is 4.95. The molecule has 5 heteroatoms. The summed E-state index contributed by atoms with van der Waals surface area (Å²) in [5.41, 5.74) is 0.870. The molecule has 1 amide bonds. The summed E-state index contributed by atoms with van der Waals surface area (Å²) in [5, 5.41) is 10.4. The highest BCUT2D eigenvalue weighted by Gasteiger charge is 2.21. The third-order valence-electron chi connectivity index (χ3n) is 2.93. The van der Waals surface area contributed by atoms with Crippen LogP contribution in [-0.2, 0) is 4.79 Å². The Hall–Kier alpha value is -1.91. The molecule has 1 fully saturated rings. The predicted octanol–water partition coefficient (Wildman–Crippen LogP) is 1.47. The van der Waals surface area contributed by atoms with Crippen LogP contribution in [0.5, 0.6) is 0 Å². The van der Waals surface area contributed by atoms with Crippen LogP contribution in [0, 0.1) is 11.2 Å². The standard InChI is InChI=1S/C12H14FN3O/c13-11-2-1-3-12(10(11)6-14)15-9-4-5-16(7-9)8-17/h1-3,6,8-9,14-15H,4-5,7H2. The molecule has 0 radical (unpaired) electrons. The lowest BCUT2D eigenvalue weighted by Crippen LogP contribution is -2.25. The number of hydrogen-bond acceptors (Lipinski definition) is 3. The summed E-state index contributed by atoms with van der Waals surface area (Å²) in [6.45, 7) is 1.34. The number of carbonyl (C=O) groups is 1. The second-order valence-electron chi connectivity index (χ2n) is 4.08. The summed E-state index contributed by atoms with van der Waals surface area (Å²) in [6, 6.07) is 4.81. The van der Waals surface area contributed by atoms with E-state index >= 15 is 0 Å². The van der Waals surface area contributed by atoms with E-state index in [9.17, 15) is 9.18 Å². The Morgan fingerprint density at radius 1 is 1.53 bits per heavy atom. The van der Waals surface area contributed by atoms with Gasteiger partial charge in [0.2, 0.25) is 6.41 Å². The highest BCUT2D eigenvalue weighted by molar-refractivity contribution is 5.86. The molecule has 1 atom stereocenters. The normalized spacial score (nSPS) is 19.1. The van der Waals surface area contributed by atoms with Crippen molar-refractivity contribution in [3.05, 3.63) is 29.6 Å². The van der Waals surface area contributed by atoms with Crippen molar-refractivity contribution in [3.63, 3.8) is 0 Å². The molecule has 1 unspecified atom stereocenters. The van der Waals surface area contributed by atoms with E-state index in [0.29, 0.717) is 12.2 Å². The number of amides is 1. The number of nitrogens with one attached hydrogen (secondary N) is 2. The zero-order valence-corrected chi connectivity index (χ0v) is 9.32. The van der Waals surface area contributed by atoms with Crippen molar-refractivity contribution in [3.8, 4) is 0 Å². The van der Waals surface area contributed by atoms with Gasteiger partial charge in [-0.2, -0.15) is 0 Å². The van der Waals surface area contributed by atoms with Gasteiger partial charge in [-0.25, -0.2) is 4.39 Å². The minimum atomic E-state index is -0.407. The summed E-state index contributed by atoms with van der Waals surface area (Å²) in [7, 11) is 0. The molecule has 0 spiro atoms. The maximum Gasteiger partial charge on any atom is 0.209 e. The van der Waals surface area contributed by atoms with Gasteiger partial charge in [0, 0.05) is 31.0 Å². The first-order valence-corrected chi connectivity index (χ1v) is 5.49. The molecule has 1 aromatic rings. The van der Waals surface area contributed by atoms with Crippen molar-refractivity contribution in [2.45, 2.75) is 12.5 Å². The van der Waals surface area contributed by atoms with Gasteiger partial charge in [-0.3, -0.25) is 4.79 Å². The van der Waals surface area contributed by atoms with Gasteiger partial charge < -0.3 is 15.6 Å². The van der Waals surface area contributed by atoms with E-state index in [1.807, 2.05) is 0 Å². The third kappa shape index (κ3) is 2.43. The first-order valence-electron chi connectivity index (χ1n) is 5.49. The molecule has 0 bridgehead atoms. The summed E-state index contributed by atoms with van der Waals surface area (Å²) in [5.74, 6) is -0.407. The van der Waals surface area contributed by atoms with Crippen molar-refractivity contribution >= 4 is 18.3 Å². The second-order valence-corrected chi connectivity index (χ2v) is 4.08. The first kappa shape index (κ1) is 11.6. The number of anilines is 1. The van der Waals surface area contributed by atoms with Crippen molar-refractivity contribution in [2.75, 3.05) is 18.4 Å². The predicted molar refractivity (Wildman–Crippen MR) is 64.0 cm³/mol. The minimum Gasteiger partial charge on any atom is -0.380 e. The van der Waals surface area contributed by atoms with Crippen LogP contribution in [0.25, 0.3) is 0 Å². The molecule has 2 N–H and O–H groups in total. The van der Waals surface area contributed by atoms with E-state index in [2.05, 4.69) is 5.32 Å². The van der Waals surface area contributed by atoms with E-state index in [4.69, 9.17) is 5.41 Å². The summed E-state index contributed by atoms with van der Waals surface area (Å²) in [6.07, 6.45) is 2.67. The minimum absolute atomic E-state index is 0.126. The molecular weight excluding hydrogens is 221 g/mol. The van der Waals surface area contributed by atoms with Crippen LogP contribution >= 0.6 is 0 Å². The molecule has 0 aromatic heterocycles. The van der Waals surface area contributed by atoms with Gasteiger partial charge in [0.25, 0.3) is 0 Å². The summed E-state index contributed by atoms with van der Waals surface area (Å²) in [4.78, 5) is 12.3. The molecule has 1 heterocycles. The highest BCUT2D eigenvalue weighted by atomic mass is 19.1. The Labute approximate surface area is 98.9 Å². The van der Waals surface area contributed by atoms with Crippen LogP contribution in [0.3, 0.4) is 0 Å². The monoisotopic (exact) mass is 235 g/mol. The molecule has 1 aliphatic rings. The Kier molecular flexibility index (Phi) is 3.37. The molecular formula is C12H14FN3O. The molecule has 0 aliphatic carbocycles. The summed E-state index contributed by atoms with van der Waals surface area (Å²) < 4.78 is 13.4. The van der Waals surface area contributed by atoms with E-state index in [0.717, 1.165) is 25.6 Å². The summed E-state index contributed by atoms with van der Waals surface area (Å²) >= 11 is 0. The Morgan fingerprint density at radius 2 is 2.35 bits per heavy atom. The fourth-order valence-corrected chi connectivity index (χ4v) is 2.03. The Balaban J connectivity index is 2.11. The zero-order chi connectivity index (χ0) is 12.3. The number of halogens is 1. The van der Waals surface area contributed by atoms with Gasteiger partial charge in [0.05, 0.1) is 5.56 Å². The Morgan fingerprint density at radius 3 is 3.00 bits per heavy atom. The molecule has 1 saturated heterocycles. The molecule has 17 heavy (non-hydrogen) atoms. The molecule has 1 aromatic carbocycles. The molecule has 90 valence electrons. The van der Waals surface area contributed by atoms with E-state index < -0.39 is 5.82 Å². The van der Waals surface area contributed by atoms with Crippen LogP contribution in [-0.4, -0.2) is 36.7 Å². The Bertz CT molecular complexity index is 436. The number of likely N-dealkylation sites (tertiary alicyclic amines) is 1. The number of carbonyl (C=O) groups excluding carboxylic acids is 1. The average Bonchev–Trinajstić information content (AvgIpc) is 2.77. The number of rotatable bonds is 4. The lowest BCUT2D eigenvalue weighted by Gasteiger charge is -2.16. The topological polar surface area (TPSA) is 56.2 Å². The number of nitrogens with zero attached hydrogens (tertiary/aromatic N) is 1. The zero-order valence-electron chi connectivity index (χ0n) is 9.32. The molecule has 0 saturated carbocycles.